The van der Waals surface area contributed by atoms with E-state index in [0.717, 1.165) is 10.2 Å². The molecule has 0 radical (unpaired) electrons. The van der Waals surface area contributed by atoms with Crippen molar-refractivity contribution >= 4 is 33.2 Å². The van der Waals surface area contributed by atoms with Crippen molar-refractivity contribution in [1.82, 2.24) is 5.43 Å². The fourth-order valence-corrected chi connectivity index (χ4v) is 1.70. The van der Waals surface area contributed by atoms with Gasteiger partial charge in [-0.2, -0.15) is 0 Å². The third-order valence-electron chi connectivity index (χ3n) is 2.37. The van der Waals surface area contributed by atoms with Crippen molar-refractivity contribution in [2.45, 2.75) is 0 Å². The van der Waals surface area contributed by atoms with Crippen molar-refractivity contribution in [1.29, 1.82) is 0 Å². The summed E-state index contributed by atoms with van der Waals surface area (Å²) in [4.78, 5) is 11.8. The van der Waals surface area contributed by atoms with Gasteiger partial charge >= 0.3 is 0 Å². The predicted molar refractivity (Wildman–Crippen MR) is 76.1 cm³/mol. The van der Waals surface area contributed by atoms with Crippen LogP contribution in [-0.2, 0) is 0 Å². The highest BCUT2D eigenvalue weighted by Gasteiger charge is 2.07. The molecule has 2 rings (SSSR count). The Hall–Kier alpha value is -2.01. The Morgan fingerprint density at radius 1 is 1.06 bits per heavy atom. The highest BCUT2D eigenvalue weighted by molar-refractivity contribution is 9.10. The molecule has 18 heavy (non-hydrogen) atoms. The number of nitrogen functional groups attached to an aromatic ring is 1. The minimum atomic E-state index is -0.268. The van der Waals surface area contributed by atoms with E-state index in [-0.39, 0.29) is 5.91 Å². The van der Waals surface area contributed by atoms with E-state index in [4.69, 9.17) is 5.73 Å². The highest BCUT2D eigenvalue weighted by Crippen LogP contribution is 2.14. The third kappa shape index (κ3) is 3.01. The Bertz CT molecular complexity index is 554. The van der Waals surface area contributed by atoms with Gasteiger partial charge in [-0.3, -0.25) is 15.6 Å². The molecule has 0 saturated heterocycles. The van der Waals surface area contributed by atoms with Crippen LogP contribution in [0, 0.1) is 0 Å². The molecule has 0 aliphatic rings. The van der Waals surface area contributed by atoms with Crippen LogP contribution in [0.25, 0.3) is 0 Å². The van der Waals surface area contributed by atoms with E-state index in [1.165, 1.54) is 0 Å². The number of halogens is 1. The number of hydrogen-bond acceptors (Lipinski definition) is 3. The molecule has 2 aromatic carbocycles. The molecule has 0 spiro atoms. The fraction of sp³-hybridized carbons (Fsp3) is 0. The Balaban J connectivity index is 2.01. The monoisotopic (exact) mass is 305 g/mol. The van der Waals surface area contributed by atoms with E-state index in [0.29, 0.717) is 11.3 Å². The van der Waals surface area contributed by atoms with Gasteiger partial charge in [0.25, 0.3) is 5.91 Å². The van der Waals surface area contributed by atoms with Crippen LogP contribution in [0.4, 0.5) is 11.4 Å². The van der Waals surface area contributed by atoms with Crippen molar-refractivity contribution in [3.63, 3.8) is 0 Å². The van der Waals surface area contributed by atoms with Crippen LogP contribution >= 0.6 is 15.9 Å². The van der Waals surface area contributed by atoms with Crippen LogP contribution in [0.1, 0.15) is 10.4 Å². The summed E-state index contributed by atoms with van der Waals surface area (Å²) in [6, 6.07) is 14.4. The first kappa shape index (κ1) is 12.4. The summed E-state index contributed by atoms with van der Waals surface area (Å²) >= 11 is 3.34. The molecule has 0 heterocycles. The summed E-state index contributed by atoms with van der Waals surface area (Å²) in [5.41, 5.74) is 12.8. The second kappa shape index (κ2) is 5.55. The lowest BCUT2D eigenvalue weighted by atomic mass is 10.2. The van der Waals surface area contributed by atoms with Gasteiger partial charge in [-0.15, -0.1) is 0 Å². The fourth-order valence-electron chi connectivity index (χ4n) is 1.43. The van der Waals surface area contributed by atoms with Gasteiger partial charge < -0.3 is 5.73 Å². The number of carbonyl (C=O) groups excluding carboxylic acids is 1. The predicted octanol–water partition coefficient (Wildman–Crippen LogP) is 2.79. The van der Waals surface area contributed by atoms with Crippen LogP contribution in [0.3, 0.4) is 0 Å². The Kier molecular flexibility index (Phi) is 3.84. The molecule has 0 aliphatic carbocycles. The van der Waals surface area contributed by atoms with E-state index in [2.05, 4.69) is 26.8 Å². The van der Waals surface area contributed by atoms with Crippen molar-refractivity contribution < 1.29 is 4.79 Å². The zero-order chi connectivity index (χ0) is 13.0. The van der Waals surface area contributed by atoms with Crippen LogP contribution in [0.5, 0.6) is 0 Å². The summed E-state index contributed by atoms with van der Waals surface area (Å²) in [5, 5.41) is 0. The van der Waals surface area contributed by atoms with E-state index >= 15 is 0 Å². The van der Waals surface area contributed by atoms with Crippen molar-refractivity contribution in [3.05, 3.63) is 58.6 Å². The zero-order valence-corrected chi connectivity index (χ0v) is 11.1. The van der Waals surface area contributed by atoms with E-state index in [1.54, 1.807) is 24.3 Å². The number of hydrogen-bond donors (Lipinski definition) is 3. The summed E-state index contributed by atoms with van der Waals surface area (Å²) in [7, 11) is 0. The lowest BCUT2D eigenvalue weighted by Gasteiger charge is -2.09. The average Bonchev–Trinajstić information content (AvgIpc) is 2.38. The number of amides is 1. The SMILES string of the molecule is Nc1ccccc1C(=O)NNc1ccc(Br)cc1. The zero-order valence-electron chi connectivity index (χ0n) is 9.48. The summed E-state index contributed by atoms with van der Waals surface area (Å²) in [6.45, 7) is 0. The molecule has 0 bridgehead atoms. The number of carbonyl (C=O) groups is 1. The maximum atomic E-state index is 11.8. The van der Waals surface area contributed by atoms with Crippen LogP contribution < -0.4 is 16.6 Å². The van der Waals surface area contributed by atoms with E-state index in [1.807, 2.05) is 24.3 Å². The maximum absolute atomic E-state index is 11.8. The van der Waals surface area contributed by atoms with Crippen molar-refractivity contribution in [2.24, 2.45) is 0 Å². The molecular formula is C13H12BrN3O. The molecule has 0 saturated carbocycles. The normalized spacial score (nSPS) is 9.83. The van der Waals surface area contributed by atoms with Gasteiger partial charge in [-0.1, -0.05) is 28.1 Å². The number of anilines is 2. The average molecular weight is 306 g/mol. The lowest BCUT2D eigenvalue weighted by Crippen LogP contribution is -2.29. The Morgan fingerprint density at radius 3 is 2.39 bits per heavy atom. The first-order chi connectivity index (χ1) is 8.66. The summed E-state index contributed by atoms with van der Waals surface area (Å²) in [5.74, 6) is -0.268. The largest absolute Gasteiger partial charge is 0.398 e. The molecule has 0 unspecified atom stereocenters. The van der Waals surface area contributed by atoms with Crippen LogP contribution in [0.15, 0.2) is 53.0 Å². The van der Waals surface area contributed by atoms with Gasteiger partial charge in [0, 0.05) is 10.2 Å². The number of rotatable bonds is 3. The highest BCUT2D eigenvalue weighted by atomic mass is 79.9. The molecule has 4 nitrogen and oxygen atoms in total. The number of benzene rings is 2. The molecular weight excluding hydrogens is 294 g/mol. The van der Waals surface area contributed by atoms with Crippen molar-refractivity contribution in [2.75, 3.05) is 11.2 Å². The van der Waals surface area contributed by atoms with Gasteiger partial charge in [0.2, 0.25) is 0 Å². The molecule has 0 fully saturated rings. The molecule has 5 heteroatoms. The molecule has 92 valence electrons. The van der Waals surface area contributed by atoms with Gasteiger partial charge in [-0.25, -0.2) is 0 Å². The molecule has 0 aromatic heterocycles. The topological polar surface area (TPSA) is 67.2 Å². The third-order valence-corrected chi connectivity index (χ3v) is 2.90. The standard InChI is InChI=1S/C13H12BrN3O/c14-9-5-7-10(8-6-9)16-17-13(18)11-3-1-2-4-12(11)15/h1-8,16H,15H2,(H,17,18). The van der Waals surface area contributed by atoms with E-state index < -0.39 is 0 Å². The van der Waals surface area contributed by atoms with Gasteiger partial charge in [0.1, 0.15) is 0 Å². The number of nitrogens with one attached hydrogen (secondary N) is 2. The minimum absolute atomic E-state index is 0.268. The van der Waals surface area contributed by atoms with Crippen LogP contribution in [-0.4, -0.2) is 5.91 Å². The second-order valence-corrected chi connectivity index (χ2v) is 4.59. The maximum Gasteiger partial charge on any atom is 0.271 e. The molecule has 2 aromatic rings. The minimum Gasteiger partial charge on any atom is -0.398 e. The first-order valence-electron chi connectivity index (χ1n) is 5.33. The Labute approximate surface area is 113 Å². The van der Waals surface area contributed by atoms with Crippen LogP contribution in [0.2, 0.25) is 0 Å². The number of hydrazine groups is 1. The smallest absolute Gasteiger partial charge is 0.271 e. The van der Waals surface area contributed by atoms with Gasteiger partial charge in [-0.05, 0) is 36.4 Å². The first-order valence-corrected chi connectivity index (χ1v) is 6.12. The molecule has 1 amide bonds. The quantitative estimate of drug-likeness (QED) is 0.603. The number of para-hydroxylation sites is 1. The lowest BCUT2D eigenvalue weighted by molar-refractivity contribution is 0.0963. The van der Waals surface area contributed by atoms with Gasteiger partial charge in [0.05, 0.1) is 11.3 Å². The van der Waals surface area contributed by atoms with Gasteiger partial charge in [0.15, 0.2) is 0 Å². The second-order valence-electron chi connectivity index (χ2n) is 3.67. The summed E-state index contributed by atoms with van der Waals surface area (Å²) < 4.78 is 0.978. The summed E-state index contributed by atoms with van der Waals surface area (Å²) in [6.07, 6.45) is 0. The van der Waals surface area contributed by atoms with Crippen molar-refractivity contribution in [3.8, 4) is 0 Å². The van der Waals surface area contributed by atoms with E-state index in [9.17, 15) is 4.79 Å². The molecule has 4 N–H and O–H groups in total. The molecule has 0 aliphatic heterocycles. The Morgan fingerprint density at radius 2 is 1.72 bits per heavy atom. The molecule has 0 atom stereocenters. The number of nitrogens with two attached hydrogens (primary N) is 1.